The lowest BCUT2D eigenvalue weighted by molar-refractivity contribution is -0.127. The first-order valence-electron chi connectivity index (χ1n) is 4.43. The minimum absolute atomic E-state index is 0.0556. The molecule has 2 rings (SSSR count). The first kappa shape index (κ1) is 7.08. The summed E-state index contributed by atoms with van der Waals surface area (Å²) < 4.78 is 0. The molecule has 2 atom stereocenters. The van der Waals surface area contributed by atoms with Crippen molar-refractivity contribution in [1.82, 2.24) is 0 Å². The Morgan fingerprint density at radius 3 is 3.09 bits per heavy atom. The molecule has 0 aliphatic heterocycles. The normalized spacial score (nSPS) is 41.0. The molecule has 1 heteroatoms. The highest BCUT2D eigenvalue weighted by atomic mass is 16.1. The quantitative estimate of drug-likeness (QED) is 0.524. The summed E-state index contributed by atoms with van der Waals surface area (Å²) in [5.74, 6) is 0.991. The molecule has 0 saturated heterocycles. The molecule has 0 aromatic heterocycles. The van der Waals surface area contributed by atoms with Gasteiger partial charge in [0.1, 0.15) is 5.78 Å². The van der Waals surface area contributed by atoms with E-state index in [1.54, 1.807) is 6.92 Å². The second kappa shape index (κ2) is 2.20. The maximum Gasteiger partial charge on any atom is 0.136 e. The summed E-state index contributed by atoms with van der Waals surface area (Å²) in [5.41, 5.74) is 0.0556. The molecule has 0 amide bonds. The van der Waals surface area contributed by atoms with Crippen LogP contribution in [0.5, 0.6) is 0 Å². The monoisotopic (exact) mass is 150 g/mol. The average Bonchev–Trinajstić information content (AvgIpc) is 2.40. The van der Waals surface area contributed by atoms with Gasteiger partial charge in [0, 0.05) is 5.41 Å². The summed E-state index contributed by atoms with van der Waals surface area (Å²) >= 11 is 0. The Morgan fingerprint density at radius 1 is 1.64 bits per heavy atom. The van der Waals surface area contributed by atoms with Gasteiger partial charge >= 0.3 is 0 Å². The SMILES string of the molecule is CC(=O)[C@]12CC=C[C@H]1CCC2. The summed E-state index contributed by atoms with van der Waals surface area (Å²) in [7, 11) is 0. The summed E-state index contributed by atoms with van der Waals surface area (Å²) in [4.78, 5) is 11.4. The number of carbonyl (C=O) groups excluding carboxylic acids is 1. The van der Waals surface area contributed by atoms with Gasteiger partial charge in [-0.2, -0.15) is 0 Å². The van der Waals surface area contributed by atoms with Gasteiger partial charge in [0.15, 0.2) is 0 Å². The van der Waals surface area contributed by atoms with Gasteiger partial charge in [0.2, 0.25) is 0 Å². The van der Waals surface area contributed by atoms with Crippen molar-refractivity contribution in [2.24, 2.45) is 11.3 Å². The smallest absolute Gasteiger partial charge is 0.136 e. The highest BCUT2D eigenvalue weighted by molar-refractivity contribution is 5.84. The molecule has 0 heterocycles. The number of rotatable bonds is 1. The average molecular weight is 150 g/mol. The molecule has 0 bridgehead atoms. The minimum atomic E-state index is 0.0556. The summed E-state index contributed by atoms with van der Waals surface area (Å²) in [6.07, 6.45) is 9.04. The maximum absolute atomic E-state index is 11.4. The largest absolute Gasteiger partial charge is 0.299 e. The van der Waals surface area contributed by atoms with E-state index in [0.717, 1.165) is 12.8 Å². The lowest BCUT2D eigenvalue weighted by atomic mass is 9.76. The Hall–Kier alpha value is -0.590. The van der Waals surface area contributed by atoms with Crippen LogP contribution in [0.4, 0.5) is 0 Å². The van der Waals surface area contributed by atoms with Crippen LogP contribution >= 0.6 is 0 Å². The van der Waals surface area contributed by atoms with Crippen LogP contribution in [0.1, 0.15) is 32.6 Å². The molecule has 0 spiro atoms. The van der Waals surface area contributed by atoms with Crippen LogP contribution in [-0.4, -0.2) is 5.78 Å². The third-order valence-electron chi connectivity index (χ3n) is 3.40. The lowest BCUT2D eigenvalue weighted by Gasteiger charge is -2.25. The number of ketones is 1. The van der Waals surface area contributed by atoms with Crippen LogP contribution in [0, 0.1) is 11.3 Å². The van der Waals surface area contributed by atoms with E-state index in [9.17, 15) is 4.79 Å². The van der Waals surface area contributed by atoms with Crippen molar-refractivity contribution < 1.29 is 4.79 Å². The number of hydrogen-bond acceptors (Lipinski definition) is 1. The van der Waals surface area contributed by atoms with Gasteiger partial charge in [0.05, 0.1) is 0 Å². The fourth-order valence-electron chi connectivity index (χ4n) is 2.66. The standard InChI is InChI=1S/C10H14O/c1-8(11)10-6-2-4-9(10)5-3-7-10/h2,4,9H,3,5-7H2,1H3/t9-,10+/m0/s1. The minimum Gasteiger partial charge on any atom is -0.299 e. The van der Waals surface area contributed by atoms with Crippen molar-refractivity contribution in [1.29, 1.82) is 0 Å². The van der Waals surface area contributed by atoms with Gasteiger partial charge in [-0.15, -0.1) is 0 Å². The zero-order chi connectivity index (χ0) is 7.90. The van der Waals surface area contributed by atoms with Gasteiger partial charge in [-0.25, -0.2) is 0 Å². The molecular formula is C10H14O. The highest BCUT2D eigenvalue weighted by Gasteiger charge is 2.46. The highest BCUT2D eigenvalue weighted by Crippen LogP contribution is 2.51. The van der Waals surface area contributed by atoms with Crippen LogP contribution in [0.25, 0.3) is 0 Å². The Labute approximate surface area is 67.5 Å². The van der Waals surface area contributed by atoms with Crippen LogP contribution in [0.2, 0.25) is 0 Å². The first-order chi connectivity index (χ1) is 5.26. The van der Waals surface area contributed by atoms with Gasteiger partial charge < -0.3 is 0 Å². The Kier molecular flexibility index (Phi) is 1.41. The summed E-state index contributed by atoms with van der Waals surface area (Å²) in [5, 5.41) is 0. The number of fused-ring (bicyclic) bond motifs is 1. The molecule has 0 aromatic carbocycles. The molecule has 2 aliphatic carbocycles. The van der Waals surface area contributed by atoms with Gasteiger partial charge in [-0.3, -0.25) is 4.79 Å². The fraction of sp³-hybridized carbons (Fsp3) is 0.700. The molecule has 0 N–H and O–H groups in total. The second-order valence-corrected chi connectivity index (χ2v) is 3.84. The van der Waals surface area contributed by atoms with Crippen molar-refractivity contribution in [3.63, 3.8) is 0 Å². The topological polar surface area (TPSA) is 17.1 Å². The van der Waals surface area contributed by atoms with Gasteiger partial charge in [-0.1, -0.05) is 18.6 Å². The van der Waals surface area contributed by atoms with Crippen molar-refractivity contribution in [3.8, 4) is 0 Å². The molecule has 1 nitrogen and oxygen atoms in total. The van der Waals surface area contributed by atoms with Crippen LogP contribution in [0.15, 0.2) is 12.2 Å². The van der Waals surface area contributed by atoms with E-state index >= 15 is 0 Å². The zero-order valence-corrected chi connectivity index (χ0v) is 6.97. The number of Topliss-reactive ketones (excluding diaryl/α,β-unsaturated/α-hetero) is 1. The van der Waals surface area contributed by atoms with Gasteiger partial charge in [0.25, 0.3) is 0 Å². The fourth-order valence-corrected chi connectivity index (χ4v) is 2.66. The van der Waals surface area contributed by atoms with E-state index < -0.39 is 0 Å². The molecule has 60 valence electrons. The van der Waals surface area contributed by atoms with E-state index in [4.69, 9.17) is 0 Å². The lowest BCUT2D eigenvalue weighted by Crippen LogP contribution is -2.28. The molecule has 1 fully saturated rings. The Morgan fingerprint density at radius 2 is 2.45 bits per heavy atom. The van der Waals surface area contributed by atoms with E-state index in [-0.39, 0.29) is 5.41 Å². The van der Waals surface area contributed by atoms with Crippen molar-refractivity contribution in [2.45, 2.75) is 32.6 Å². The summed E-state index contributed by atoms with van der Waals surface area (Å²) in [6.45, 7) is 1.76. The van der Waals surface area contributed by atoms with E-state index in [2.05, 4.69) is 12.2 Å². The van der Waals surface area contributed by atoms with Crippen molar-refractivity contribution in [3.05, 3.63) is 12.2 Å². The van der Waals surface area contributed by atoms with Crippen LogP contribution in [-0.2, 0) is 4.79 Å². The Bertz CT molecular complexity index is 217. The molecule has 0 radical (unpaired) electrons. The molecule has 0 aromatic rings. The van der Waals surface area contributed by atoms with Crippen LogP contribution in [0.3, 0.4) is 0 Å². The van der Waals surface area contributed by atoms with Crippen molar-refractivity contribution >= 4 is 5.78 Å². The van der Waals surface area contributed by atoms with Gasteiger partial charge in [-0.05, 0) is 32.1 Å². The van der Waals surface area contributed by atoms with E-state index in [1.807, 2.05) is 0 Å². The predicted octanol–water partition coefficient (Wildman–Crippen LogP) is 2.32. The first-order valence-corrected chi connectivity index (χ1v) is 4.43. The molecule has 11 heavy (non-hydrogen) atoms. The zero-order valence-electron chi connectivity index (χ0n) is 6.97. The van der Waals surface area contributed by atoms with E-state index in [0.29, 0.717) is 11.7 Å². The number of carbonyl (C=O) groups is 1. The van der Waals surface area contributed by atoms with E-state index in [1.165, 1.54) is 12.8 Å². The number of allylic oxidation sites excluding steroid dienone is 2. The second-order valence-electron chi connectivity index (χ2n) is 3.84. The predicted molar refractivity (Wildman–Crippen MR) is 44.2 cm³/mol. The van der Waals surface area contributed by atoms with Crippen molar-refractivity contribution in [2.75, 3.05) is 0 Å². The summed E-state index contributed by atoms with van der Waals surface area (Å²) in [6, 6.07) is 0. The molecule has 1 saturated carbocycles. The molecule has 2 aliphatic rings. The van der Waals surface area contributed by atoms with Crippen LogP contribution < -0.4 is 0 Å². The third-order valence-corrected chi connectivity index (χ3v) is 3.40. The third kappa shape index (κ3) is 0.800. The molecular weight excluding hydrogens is 136 g/mol. The molecule has 0 unspecified atom stereocenters. The number of hydrogen-bond donors (Lipinski definition) is 0. The Balaban J connectivity index is 2.30. The maximum atomic E-state index is 11.4.